The first-order valence-corrected chi connectivity index (χ1v) is 8.84. The molecule has 1 aliphatic heterocycles. The van der Waals surface area contributed by atoms with Gasteiger partial charge in [-0.2, -0.15) is 0 Å². The molecule has 1 aromatic rings. The molecule has 1 aliphatic rings. The van der Waals surface area contributed by atoms with E-state index in [-0.39, 0.29) is 23.9 Å². The van der Waals surface area contributed by atoms with Crippen molar-refractivity contribution in [1.29, 1.82) is 0 Å². The third kappa shape index (κ3) is 5.56. The third-order valence-corrected chi connectivity index (χ3v) is 4.32. The van der Waals surface area contributed by atoms with Crippen LogP contribution in [0.15, 0.2) is 24.3 Å². The lowest BCUT2D eigenvalue weighted by atomic mass is 10.0. The van der Waals surface area contributed by atoms with Crippen molar-refractivity contribution >= 4 is 5.91 Å². The summed E-state index contributed by atoms with van der Waals surface area (Å²) in [6.45, 7) is 8.87. The highest BCUT2D eigenvalue weighted by Gasteiger charge is 2.27. The predicted octanol–water partition coefficient (Wildman–Crippen LogP) is 3.14. The van der Waals surface area contributed by atoms with Gasteiger partial charge in [0.25, 0.3) is 0 Å². The van der Waals surface area contributed by atoms with Gasteiger partial charge >= 0.3 is 0 Å². The fourth-order valence-electron chi connectivity index (χ4n) is 3.24. The van der Waals surface area contributed by atoms with Crippen molar-refractivity contribution in [3.8, 4) is 0 Å². The molecule has 1 aromatic carbocycles. The van der Waals surface area contributed by atoms with Gasteiger partial charge in [0.1, 0.15) is 5.82 Å². The Hall–Kier alpha value is -1.46. The van der Waals surface area contributed by atoms with Crippen molar-refractivity contribution in [2.24, 2.45) is 5.92 Å². The number of benzene rings is 1. The zero-order valence-electron chi connectivity index (χ0n) is 14.9. The molecular weight excluding hydrogens is 307 g/mol. The highest BCUT2D eigenvalue weighted by atomic mass is 19.1. The Kier molecular flexibility index (Phi) is 7.18. The van der Waals surface area contributed by atoms with Gasteiger partial charge in [-0.3, -0.25) is 4.79 Å². The molecule has 1 N–H and O–H groups in total. The number of rotatable bonds is 7. The summed E-state index contributed by atoms with van der Waals surface area (Å²) >= 11 is 0. The molecule has 0 spiro atoms. The van der Waals surface area contributed by atoms with Crippen LogP contribution < -0.4 is 5.32 Å². The lowest BCUT2D eigenvalue weighted by molar-refractivity contribution is -0.136. The van der Waals surface area contributed by atoms with Crippen molar-refractivity contribution in [2.75, 3.05) is 26.2 Å². The number of amides is 1. The molecule has 1 fully saturated rings. The zero-order valence-corrected chi connectivity index (χ0v) is 14.9. The molecule has 2 atom stereocenters. The average molecular weight is 336 g/mol. The second-order valence-electron chi connectivity index (χ2n) is 6.92. The summed E-state index contributed by atoms with van der Waals surface area (Å²) in [5.41, 5.74) is 0.838. The maximum absolute atomic E-state index is 13.5. The molecule has 1 amide bonds. The summed E-state index contributed by atoms with van der Waals surface area (Å²) in [5.74, 6) is 0.389. The average Bonchev–Trinajstić information content (AvgIpc) is 2.54. The van der Waals surface area contributed by atoms with Crippen molar-refractivity contribution in [1.82, 2.24) is 10.2 Å². The Bertz CT molecular complexity index is 536. The van der Waals surface area contributed by atoms with Crippen LogP contribution in [0.2, 0.25) is 0 Å². The topological polar surface area (TPSA) is 41.6 Å². The maximum Gasteiger partial charge on any atom is 0.225 e. The fourth-order valence-corrected chi connectivity index (χ4v) is 3.24. The number of halogens is 1. The van der Waals surface area contributed by atoms with E-state index in [0.717, 1.165) is 18.5 Å². The van der Waals surface area contributed by atoms with Crippen LogP contribution in [0, 0.1) is 11.7 Å². The molecule has 0 radical (unpaired) electrons. The van der Waals surface area contributed by atoms with Gasteiger partial charge < -0.3 is 15.0 Å². The third-order valence-electron chi connectivity index (χ3n) is 4.32. The number of carbonyl (C=O) groups excluding carboxylic acids is 1. The van der Waals surface area contributed by atoms with Crippen molar-refractivity contribution in [3.63, 3.8) is 0 Å². The van der Waals surface area contributed by atoms with Crippen LogP contribution in [0.1, 0.15) is 45.2 Å². The second kappa shape index (κ2) is 9.14. The fraction of sp³-hybridized carbons (Fsp3) is 0.632. The standard InChI is InChI=1S/C19H29FN2O2/c1-14(2)11-15(3)24-10-7-19(23)22-9-8-21-13-18(22)16-5-4-6-17(20)12-16/h4-6,12,14-15,18,21H,7-11,13H2,1-3H3. The summed E-state index contributed by atoms with van der Waals surface area (Å²) in [4.78, 5) is 14.4. The zero-order chi connectivity index (χ0) is 17.5. The minimum absolute atomic E-state index is 0.0718. The van der Waals surface area contributed by atoms with Gasteiger partial charge in [-0.15, -0.1) is 0 Å². The molecule has 0 bridgehead atoms. The number of carbonyl (C=O) groups is 1. The molecule has 134 valence electrons. The lowest BCUT2D eigenvalue weighted by Crippen LogP contribution is -2.49. The highest BCUT2D eigenvalue weighted by Crippen LogP contribution is 2.23. The number of ether oxygens (including phenoxy) is 1. The second-order valence-corrected chi connectivity index (χ2v) is 6.92. The largest absolute Gasteiger partial charge is 0.378 e. The first kappa shape index (κ1) is 18.9. The van der Waals surface area contributed by atoms with Crippen LogP contribution in [0.25, 0.3) is 0 Å². The first-order chi connectivity index (χ1) is 11.5. The summed E-state index contributed by atoms with van der Waals surface area (Å²) in [6.07, 6.45) is 1.53. The highest BCUT2D eigenvalue weighted by molar-refractivity contribution is 5.77. The minimum atomic E-state index is -0.267. The Morgan fingerprint density at radius 3 is 2.92 bits per heavy atom. The molecule has 1 heterocycles. The number of hydrogen-bond donors (Lipinski definition) is 1. The van der Waals surface area contributed by atoms with Crippen LogP contribution >= 0.6 is 0 Å². The van der Waals surface area contributed by atoms with Gasteiger partial charge in [-0.05, 0) is 37.0 Å². The molecule has 0 saturated carbocycles. The van der Waals surface area contributed by atoms with E-state index in [2.05, 4.69) is 19.2 Å². The monoisotopic (exact) mass is 336 g/mol. The van der Waals surface area contributed by atoms with Gasteiger partial charge in [0.05, 0.1) is 25.2 Å². The van der Waals surface area contributed by atoms with Crippen LogP contribution in [0.4, 0.5) is 4.39 Å². The normalized spacial score (nSPS) is 19.5. The Morgan fingerprint density at radius 2 is 2.21 bits per heavy atom. The van der Waals surface area contributed by atoms with E-state index in [4.69, 9.17) is 4.74 Å². The SMILES string of the molecule is CC(C)CC(C)OCCC(=O)N1CCNCC1c1cccc(F)c1. The number of nitrogens with one attached hydrogen (secondary N) is 1. The van der Waals surface area contributed by atoms with Gasteiger partial charge in [-0.25, -0.2) is 4.39 Å². The van der Waals surface area contributed by atoms with Gasteiger partial charge in [-0.1, -0.05) is 26.0 Å². The quantitative estimate of drug-likeness (QED) is 0.832. The molecule has 5 heteroatoms. The Morgan fingerprint density at radius 1 is 1.42 bits per heavy atom. The summed E-state index contributed by atoms with van der Waals surface area (Å²) in [6, 6.07) is 6.39. The summed E-state index contributed by atoms with van der Waals surface area (Å²) in [7, 11) is 0. The van der Waals surface area contributed by atoms with Crippen molar-refractivity contribution in [2.45, 2.75) is 45.8 Å². The first-order valence-electron chi connectivity index (χ1n) is 8.84. The maximum atomic E-state index is 13.5. The van der Waals surface area contributed by atoms with Crippen LogP contribution in [-0.4, -0.2) is 43.2 Å². The number of hydrogen-bond acceptors (Lipinski definition) is 3. The molecule has 2 unspecified atom stereocenters. The van der Waals surface area contributed by atoms with Crippen LogP contribution in [-0.2, 0) is 9.53 Å². The summed E-state index contributed by atoms with van der Waals surface area (Å²) in [5, 5.41) is 3.29. The minimum Gasteiger partial charge on any atom is -0.378 e. The molecule has 0 aliphatic carbocycles. The Balaban J connectivity index is 1.91. The number of piperazine rings is 1. The predicted molar refractivity (Wildman–Crippen MR) is 93.2 cm³/mol. The Labute approximate surface area is 144 Å². The van der Waals surface area contributed by atoms with Gasteiger partial charge in [0.2, 0.25) is 5.91 Å². The van der Waals surface area contributed by atoms with Crippen LogP contribution in [0.3, 0.4) is 0 Å². The van der Waals surface area contributed by atoms with Crippen molar-refractivity contribution < 1.29 is 13.9 Å². The van der Waals surface area contributed by atoms with Gasteiger partial charge in [0.15, 0.2) is 0 Å². The van der Waals surface area contributed by atoms with E-state index in [9.17, 15) is 9.18 Å². The molecule has 4 nitrogen and oxygen atoms in total. The van der Waals surface area contributed by atoms with Crippen LogP contribution in [0.5, 0.6) is 0 Å². The van der Waals surface area contributed by atoms with Crippen molar-refractivity contribution in [3.05, 3.63) is 35.6 Å². The lowest BCUT2D eigenvalue weighted by Gasteiger charge is -2.36. The number of nitrogens with zero attached hydrogens (tertiary/aromatic N) is 1. The smallest absolute Gasteiger partial charge is 0.225 e. The molecular formula is C19H29FN2O2. The van der Waals surface area contributed by atoms with E-state index in [1.807, 2.05) is 17.9 Å². The van der Waals surface area contributed by atoms with E-state index < -0.39 is 0 Å². The van der Waals surface area contributed by atoms with Gasteiger partial charge in [0, 0.05) is 19.6 Å². The molecule has 24 heavy (non-hydrogen) atoms. The van der Waals surface area contributed by atoms with E-state index >= 15 is 0 Å². The van der Waals surface area contributed by atoms with E-state index in [1.54, 1.807) is 6.07 Å². The summed E-state index contributed by atoms with van der Waals surface area (Å²) < 4.78 is 19.3. The van der Waals surface area contributed by atoms with E-state index in [1.165, 1.54) is 12.1 Å². The van der Waals surface area contributed by atoms with E-state index in [0.29, 0.717) is 32.0 Å². The molecule has 0 aromatic heterocycles. The molecule has 1 saturated heterocycles. The molecule has 2 rings (SSSR count).